The average molecular weight is 414 g/mol. The van der Waals surface area contributed by atoms with E-state index < -0.39 is 0 Å². The number of anilines is 2. The van der Waals surface area contributed by atoms with Crippen LogP contribution >= 0.6 is 11.6 Å². The first-order valence-corrected chi connectivity index (χ1v) is 10.3. The Hall–Kier alpha value is -3.36. The molecule has 2 heterocycles. The second-order valence-corrected chi connectivity index (χ2v) is 8.76. The monoisotopic (exact) mass is 413 g/mol. The van der Waals surface area contributed by atoms with Crippen LogP contribution < -0.4 is 5.32 Å². The fourth-order valence-corrected chi connectivity index (χ4v) is 4.52. The van der Waals surface area contributed by atoms with E-state index in [0.717, 1.165) is 46.3 Å². The molecule has 0 unspecified atom stereocenters. The van der Waals surface area contributed by atoms with Gasteiger partial charge in [-0.05, 0) is 65.8 Å². The highest BCUT2D eigenvalue weighted by Gasteiger charge is 2.32. The molecule has 0 atom stereocenters. The summed E-state index contributed by atoms with van der Waals surface area (Å²) < 4.78 is 0. The molecular formula is C24H20ClN5. The highest BCUT2D eigenvalue weighted by atomic mass is 35.5. The Morgan fingerprint density at radius 1 is 1.20 bits per heavy atom. The van der Waals surface area contributed by atoms with Crippen molar-refractivity contribution >= 4 is 34.1 Å². The lowest BCUT2D eigenvalue weighted by molar-refractivity contribution is 0.522. The fourth-order valence-electron chi connectivity index (χ4n) is 4.30. The number of hydrogen-bond donors (Lipinski definition) is 2. The Balaban J connectivity index is 1.56. The van der Waals surface area contributed by atoms with E-state index in [1.54, 1.807) is 6.20 Å². The number of nitrogens with zero attached hydrogens (tertiary/aromatic N) is 3. The molecule has 0 spiro atoms. The summed E-state index contributed by atoms with van der Waals surface area (Å²) in [6.45, 7) is 4.47. The van der Waals surface area contributed by atoms with Crippen LogP contribution in [0.5, 0.6) is 0 Å². The van der Waals surface area contributed by atoms with E-state index >= 15 is 0 Å². The molecule has 1 aliphatic rings. The van der Waals surface area contributed by atoms with E-state index in [1.165, 1.54) is 11.1 Å². The molecule has 2 aromatic heterocycles. The van der Waals surface area contributed by atoms with Gasteiger partial charge in [0.1, 0.15) is 0 Å². The number of rotatable bonds is 3. The summed E-state index contributed by atoms with van der Waals surface area (Å²) in [6, 6.07) is 14.1. The molecule has 2 N–H and O–H groups in total. The van der Waals surface area contributed by atoms with Crippen LogP contribution in [0.3, 0.4) is 0 Å². The molecule has 1 aliphatic carbocycles. The number of halogens is 1. The largest absolute Gasteiger partial charge is 0.361 e. The molecule has 0 amide bonds. The normalized spacial score (nSPS) is 14.5. The predicted octanol–water partition coefficient (Wildman–Crippen LogP) is 6.12. The van der Waals surface area contributed by atoms with Crippen LogP contribution in [0.25, 0.3) is 22.2 Å². The molecule has 6 heteroatoms. The van der Waals surface area contributed by atoms with Gasteiger partial charge in [0.15, 0.2) is 0 Å². The first-order valence-electron chi connectivity index (χ1n) is 9.89. The summed E-state index contributed by atoms with van der Waals surface area (Å²) in [6.07, 6.45) is 5.61. The Kier molecular flexibility index (Phi) is 4.27. The second kappa shape index (κ2) is 6.86. The zero-order valence-corrected chi connectivity index (χ0v) is 17.5. The third kappa shape index (κ3) is 3.10. The van der Waals surface area contributed by atoms with Crippen molar-refractivity contribution in [2.75, 3.05) is 5.32 Å². The quantitative estimate of drug-likeness (QED) is 0.424. The van der Waals surface area contributed by atoms with Gasteiger partial charge in [-0.3, -0.25) is 0 Å². The molecular weight excluding hydrogens is 394 g/mol. The van der Waals surface area contributed by atoms with Gasteiger partial charge >= 0.3 is 0 Å². The lowest BCUT2D eigenvalue weighted by Crippen LogP contribution is -2.12. The van der Waals surface area contributed by atoms with Crippen LogP contribution in [-0.4, -0.2) is 15.0 Å². The molecule has 0 saturated heterocycles. The summed E-state index contributed by atoms with van der Waals surface area (Å²) in [7, 11) is 0. The van der Waals surface area contributed by atoms with Crippen molar-refractivity contribution in [1.29, 1.82) is 5.26 Å². The summed E-state index contributed by atoms with van der Waals surface area (Å²) >= 11 is 6.26. The number of hydrogen-bond acceptors (Lipinski definition) is 4. The molecule has 148 valence electrons. The number of aromatic amines is 1. The average Bonchev–Trinajstić information content (AvgIpc) is 3.32. The maximum Gasteiger partial charge on any atom is 0.227 e. The summed E-state index contributed by atoms with van der Waals surface area (Å²) in [5.41, 5.74) is 6.71. The number of benzene rings is 2. The van der Waals surface area contributed by atoms with Crippen molar-refractivity contribution in [2.24, 2.45) is 0 Å². The van der Waals surface area contributed by atoms with Crippen molar-refractivity contribution in [3.05, 3.63) is 70.5 Å². The third-order valence-electron chi connectivity index (χ3n) is 5.93. The van der Waals surface area contributed by atoms with E-state index in [2.05, 4.69) is 41.3 Å². The minimum atomic E-state index is 0.0612. The highest BCUT2D eigenvalue weighted by Crippen LogP contribution is 2.42. The molecule has 30 heavy (non-hydrogen) atoms. The SMILES string of the molecule is CC1(C)CCc2c(C#N)cc(-c3ccnc(Nc4cc(Cl)cc5[nH]ccc45)n3)cc21. The standard InChI is InChI=1S/C24H20ClN5/c1-24(2)6-3-17-15(13-26)9-14(10-19(17)24)20-5-8-28-23(29-20)30-22-12-16(25)11-21-18(22)4-7-27-21/h4-5,7-12,27H,3,6H2,1-2H3,(H,28,29,30). The van der Waals surface area contributed by atoms with Crippen LogP contribution in [-0.2, 0) is 11.8 Å². The van der Waals surface area contributed by atoms with Gasteiger partial charge in [-0.15, -0.1) is 0 Å². The maximum absolute atomic E-state index is 9.69. The van der Waals surface area contributed by atoms with E-state index in [-0.39, 0.29) is 5.41 Å². The first kappa shape index (κ1) is 18.7. The van der Waals surface area contributed by atoms with Gasteiger partial charge in [0.05, 0.1) is 23.0 Å². The van der Waals surface area contributed by atoms with Crippen LogP contribution in [0.4, 0.5) is 11.6 Å². The van der Waals surface area contributed by atoms with Crippen LogP contribution in [0, 0.1) is 11.3 Å². The van der Waals surface area contributed by atoms with Crippen molar-refractivity contribution in [1.82, 2.24) is 15.0 Å². The lowest BCUT2D eigenvalue weighted by atomic mass is 9.84. The van der Waals surface area contributed by atoms with Crippen molar-refractivity contribution in [3.8, 4) is 17.3 Å². The third-order valence-corrected chi connectivity index (χ3v) is 6.15. The number of nitrogens with one attached hydrogen (secondary N) is 2. The minimum absolute atomic E-state index is 0.0612. The molecule has 2 aromatic carbocycles. The molecule has 5 nitrogen and oxygen atoms in total. The van der Waals surface area contributed by atoms with E-state index in [0.29, 0.717) is 11.0 Å². The van der Waals surface area contributed by atoms with Crippen molar-refractivity contribution in [3.63, 3.8) is 0 Å². The van der Waals surface area contributed by atoms with E-state index in [9.17, 15) is 5.26 Å². The Labute approximate surface area is 179 Å². The highest BCUT2D eigenvalue weighted by molar-refractivity contribution is 6.31. The summed E-state index contributed by atoms with van der Waals surface area (Å²) in [5.74, 6) is 0.482. The minimum Gasteiger partial charge on any atom is -0.361 e. The summed E-state index contributed by atoms with van der Waals surface area (Å²) in [4.78, 5) is 12.3. The maximum atomic E-state index is 9.69. The van der Waals surface area contributed by atoms with E-state index in [1.807, 2.05) is 36.5 Å². The van der Waals surface area contributed by atoms with Gasteiger partial charge < -0.3 is 10.3 Å². The molecule has 0 aliphatic heterocycles. The molecule has 0 radical (unpaired) electrons. The topological polar surface area (TPSA) is 77.4 Å². The lowest BCUT2D eigenvalue weighted by Gasteiger charge is -2.20. The first-order chi connectivity index (χ1) is 14.4. The summed E-state index contributed by atoms with van der Waals surface area (Å²) in [5, 5.41) is 14.6. The van der Waals surface area contributed by atoms with Gasteiger partial charge in [-0.1, -0.05) is 25.4 Å². The fraction of sp³-hybridized carbons (Fsp3) is 0.208. The van der Waals surface area contributed by atoms with Gasteiger partial charge in [0.2, 0.25) is 5.95 Å². The molecule has 0 bridgehead atoms. The second-order valence-electron chi connectivity index (χ2n) is 8.33. The smallest absolute Gasteiger partial charge is 0.227 e. The molecule has 0 saturated carbocycles. The Morgan fingerprint density at radius 3 is 2.90 bits per heavy atom. The van der Waals surface area contributed by atoms with Gasteiger partial charge in [0, 0.05) is 33.9 Å². The molecule has 5 rings (SSSR count). The number of nitriles is 1. The molecule has 4 aromatic rings. The van der Waals surface area contributed by atoms with Crippen LogP contribution in [0.1, 0.15) is 37.0 Å². The van der Waals surface area contributed by atoms with Gasteiger partial charge in [-0.2, -0.15) is 5.26 Å². The zero-order chi connectivity index (χ0) is 20.9. The number of fused-ring (bicyclic) bond motifs is 2. The Morgan fingerprint density at radius 2 is 2.07 bits per heavy atom. The van der Waals surface area contributed by atoms with Crippen molar-refractivity contribution < 1.29 is 0 Å². The number of aromatic nitrogens is 3. The van der Waals surface area contributed by atoms with Crippen LogP contribution in [0.2, 0.25) is 5.02 Å². The van der Waals surface area contributed by atoms with Crippen molar-refractivity contribution in [2.45, 2.75) is 32.1 Å². The number of H-pyrrole nitrogens is 1. The predicted molar refractivity (Wildman–Crippen MR) is 120 cm³/mol. The molecule has 0 fully saturated rings. The van der Waals surface area contributed by atoms with Crippen LogP contribution in [0.15, 0.2) is 48.8 Å². The zero-order valence-electron chi connectivity index (χ0n) is 16.8. The van der Waals surface area contributed by atoms with Gasteiger partial charge in [0.25, 0.3) is 0 Å². The van der Waals surface area contributed by atoms with Gasteiger partial charge in [-0.25, -0.2) is 9.97 Å². The Bertz CT molecular complexity index is 1330. The van der Waals surface area contributed by atoms with E-state index in [4.69, 9.17) is 16.6 Å².